The number of aromatic nitrogens is 2. The number of halogens is 1. The van der Waals surface area contributed by atoms with Crippen LogP contribution in [0.3, 0.4) is 0 Å². The van der Waals surface area contributed by atoms with Crippen molar-refractivity contribution in [2.75, 3.05) is 11.2 Å². The Labute approximate surface area is 111 Å². The molecule has 2 aromatic rings. The summed E-state index contributed by atoms with van der Waals surface area (Å²) in [7, 11) is 0. The molecule has 0 spiro atoms. The Kier molecular flexibility index (Phi) is 4.36. The predicted octanol–water partition coefficient (Wildman–Crippen LogP) is 2.83. The number of benzene rings is 1. The maximum Gasteiger partial charge on any atom is 0.224 e. The van der Waals surface area contributed by atoms with Crippen molar-refractivity contribution < 1.29 is 4.79 Å². The lowest BCUT2D eigenvalue weighted by Crippen LogP contribution is -2.11. The first kappa shape index (κ1) is 12.6. The van der Waals surface area contributed by atoms with E-state index in [1.807, 2.05) is 36.5 Å². The van der Waals surface area contributed by atoms with Gasteiger partial charge in [0.1, 0.15) is 0 Å². The number of alkyl halides is 1. The monoisotopic (exact) mass is 263 g/mol. The molecule has 5 heteroatoms. The molecule has 0 fully saturated rings. The number of hydrogen-bond acceptors (Lipinski definition) is 2. The smallest absolute Gasteiger partial charge is 0.224 e. The van der Waals surface area contributed by atoms with Gasteiger partial charge in [-0.05, 0) is 36.8 Å². The largest absolute Gasteiger partial charge is 0.326 e. The summed E-state index contributed by atoms with van der Waals surface area (Å²) in [6.45, 7) is 0. The zero-order valence-corrected chi connectivity index (χ0v) is 10.6. The first-order valence-corrected chi connectivity index (χ1v) is 6.29. The topological polar surface area (TPSA) is 46.9 Å². The first-order valence-electron chi connectivity index (χ1n) is 5.75. The second-order valence-electron chi connectivity index (χ2n) is 3.84. The summed E-state index contributed by atoms with van der Waals surface area (Å²) in [5.74, 6) is 0.494. The number of carbonyl (C=O) groups excluding carboxylic acids is 1. The third-order valence-corrected chi connectivity index (χ3v) is 2.72. The highest BCUT2D eigenvalue weighted by molar-refractivity contribution is 6.18. The lowest BCUT2D eigenvalue weighted by Gasteiger charge is -2.06. The molecule has 0 saturated heterocycles. The van der Waals surface area contributed by atoms with Crippen molar-refractivity contribution in [3.8, 4) is 5.69 Å². The highest BCUT2D eigenvalue weighted by Crippen LogP contribution is 2.13. The number of nitrogens with one attached hydrogen (secondary N) is 1. The molecule has 1 heterocycles. The second kappa shape index (κ2) is 6.21. The Morgan fingerprint density at radius 2 is 2.11 bits per heavy atom. The molecule has 0 aliphatic heterocycles. The number of rotatable bonds is 5. The fourth-order valence-electron chi connectivity index (χ4n) is 1.57. The Hall–Kier alpha value is -1.81. The molecule has 1 N–H and O–H groups in total. The average Bonchev–Trinajstić information content (AvgIpc) is 2.91. The van der Waals surface area contributed by atoms with E-state index in [-0.39, 0.29) is 5.91 Å². The van der Waals surface area contributed by atoms with Crippen molar-refractivity contribution >= 4 is 23.2 Å². The molecule has 0 aliphatic rings. The highest BCUT2D eigenvalue weighted by atomic mass is 35.5. The molecule has 2 rings (SSSR count). The zero-order valence-electron chi connectivity index (χ0n) is 9.84. The molecule has 1 amide bonds. The van der Waals surface area contributed by atoms with Crippen molar-refractivity contribution in [1.82, 2.24) is 9.78 Å². The molecule has 4 nitrogen and oxygen atoms in total. The molecule has 18 heavy (non-hydrogen) atoms. The van der Waals surface area contributed by atoms with Crippen LogP contribution in [0.5, 0.6) is 0 Å². The maximum absolute atomic E-state index is 11.5. The van der Waals surface area contributed by atoms with Crippen LogP contribution >= 0.6 is 11.6 Å². The van der Waals surface area contributed by atoms with Crippen molar-refractivity contribution in [1.29, 1.82) is 0 Å². The highest BCUT2D eigenvalue weighted by Gasteiger charge is 2.02. The van der Waals surface area contributed by atoms with Crippen LogP contribution in [0.4, 0.5) is 5.69 Å². The fraction of sp³-hybridized carbons (Fsp3) is 0.231. The van der Waals surface area contributed by atoms with Gasteiger partial charge in [0, 0.05) is 30.4 Å². The lowest BCUT2D eigenvalue weighted by atomic mass is 10.2. The van der Waals surface area contributed by atoms with Crippen LogP contribution < -0.4 is 5.32 Å². The minimum absolute atomic E-state index is 0.0116. The molecule has 1 aromatic carbocycles. The van der Waals surface area contributed by atoms with Crippen LogP contribution in [0.2, 0.25) is 0 Å². The van der Waals surface area contributed by atoms with Gasteiger partial charge in [0.05, 0.1) is 5.69 Å². The van der Waals surface area contributed by atoms with Crippen LogP contribution in [0.25, 0.3) is 5.69 Å². The molecule has 0 saturated carbocycles. The van der Waals surface area contributed by atoms with Crippen LogP contribution in [0.1, 0.15) is 12.8 Å². The molecular formula is C13H14ClN3O. The molecule has 0 atom stereocenters. The molecular weight excluding hydrogens is 250 g/mol. The maximum atomic E-state index is 11.5. The summed E-state index contributed by atoms with van der Waals surface area (Å²) in [6.07, 6.45) is 4.74. The van der Waals surface area contributed by atoms with E-state index in [1.54, 1.807) is 10.9 Å². The van der Waals surface area contributed by atoms with E-state index in [9.17, 15) is 4.79 Å². The second-order valence-corrected chi connectivity index (χ2v) is 4.22. The first-order chi connectivity index (χ1) is 8.79. The molecule has 0 bridgehead atoms. The van der Waals surface area contributed by atoms with Gasteiger partial charge in [-0.15, -0.1) is 11.6 Å². The van der Waals surface area contributed by atoms with E-state index >= 15 is 0 Å². The van der Waals surface area contributed by atoms with Gasteiger partial charge in [-0.1, -0.05) is 0 Å². The van der Waals surface area contributed by atoms with Gasteiger partial charge in [0.25, 0.3) is 0 Å². The van der Waals surface area contributed by atoms with E-state index in [2.05, 4.69) is 10.4 Å². The predicted molar refractivity (Wildman–Crippen MR) is 72.1 cm³/mol. The molecule has 0 radical (unpaired) electrons. The number of amides is 1. The van der Waals surface area contributed by atoms with Crippen LogP contribution in [0, 0.1) is 0 Å². The number of hydrogen-bond donors (Lipinski definition) is 1. The van der Waals surface area contributed by atoms with Crippen LogP contribution in [-0.4, -0.2) is 21.6 Å². The minimum atomic E-state index is -0.0116. The molecule has 0 unspecified atom stereocenters. The molecule has 94 valence electrons. The van der Waals surface area contributed by atoms with Crippen molar-refractivity contribution in [2.24, 2.45) is 0 Å². The molecule has 1 aromatic heterocycles. The van der Waals surface area contributed by atoms with Crippen LogP contribution in [-0.2, 0) is 4.79 Å². The average molecular weight is 264 g/mol. The fourth-order valence-corrected chi connectivity index (χ4v) is 1.70. The van der Waals surface area contributed by atoms with Gasteiger partial charge >= 0.3 is 0 Å². The van der Waals surface area contributed by atoms with E-state index in [4.69, 9.17) is 11.6 Å². The number of anilines is 1. The summed E-state index contributed by atoms with van der Waals surface area (Å²) in [5.41, 5.74) is 1.74. The standard InChI is InChI=1S/C13H14ClN3O/c14-8-1-3-13(18)16-11-4-6-12(7-5-11)17-10-2-9-15-17/h2,4-7,9-10H,1,3,8H2,(H,16,18). The molecule has 0 aliphatic carbocycles. The number of carbonyl (C=O) groups is 1. The van der Waals surface area contributed by atoms with Crippen molar-refractivity contribution in [3.63, 3.8) is 0 Å². The van der Waals surface area contributed by atoms with Gasteiger partial charge in [-0.25, -0.2) is 4.68 Å². The van der Waals surface area contributed by atoms with E-state index in [0.29, 0.717) is 18.7 Å². The summed E-state index contributed by atoms with van der Waals surface area (Å²) in [6, 6.07) is 9.39. The quantitative estimate of drug-likeness (QED) is 0.843. The Balaban J connectivity index is 1.98. The van der Waals surface area contributed by atoms with E-state index < -0.39 is 0 Å². The van der Waals surface area contributed by atoms with E-state index in [0.717, 1.165) is 11.4 Å². The number of nitrogens with zero attached hydrogens (tertiary/aromatic N) is 2. The SMILES string of the molecule is O=C(CCCCl)Nc1ccc(-n2cccn2)cc1. The van der Waals surface area contributed by atoms with Crippen molar-refractivity contribution in [2.45, 2.75) is 12.8 Å². The van der Waals surface area contributed by atoms with Crippen molar-refractivity contribution in [3.05, 3.63) is 42.7 Å². The van der Waals surface area contributed by atoms with Gasteiger partial charge in [-0.2, -0.15) is 5.10 Å². The Morgan fingerprint density at radius 1 is 1.33 bits per heavy atom. The van der Waals surface area contributed by atoms with Gasteiger partial charge < -0.3 is 5.32 Å². The Morgan fingerprint density at radius 3 is 2.72 bits per heavy atom. The lowest BCUT2D eigenvalue weighted by molar-refractivity contribution is -0.116. The minimum Gasteiger partial charge on any atom is -0.326 e. The normalized spacial score (nSPS) is 10.3. The summed E-state index contributed by atoms with van der Waals surface area (Å²) >= 11 is 5.54. The van der Waals surface area contributed by atoms with Crippen LogP contribution in [0.15, 0.2) is 42.7 Å². The summed E-state index contributed by atoms with van der Waals surface area (Å²) in [4.78, 5) is 11.5. The van der Waals surface area contributed by atoms with Gasteiger partial charge in [0.2, 0.25) is 5.91 Å². The summed E-state index contributed by atoms with van der Waals surface area (Å²) < 4.78 is 1.76. The zero-order chi connectivity index (χ0) is 12.8. The third kappa shape index (κ3) is 3.34. The van der Waals surface area contributed by atoms with Gasteiger partial charge in [-0.3, -0.25) is 4.79 Å². The third-order valence-electron chi connectivity index (χ3n) is 2.46. The van der Waals surface area contributed by atoms with E-state index in [1.165, 1.54) is 0 Å². The summed E-state index contributed by atoms with van der Waals surface area (Å²) in [5, 5.41) is 6.95. The Bertz CT molecular complexity index is 493. The van der Waals surface area contributed by atoms with Gasteiger partial charge in [0.15, 0.2) is 0 Å².